The van der Waals surface area contributed by atoms with E-state index in [-0.39, 0.29) is 0 Å². The Labute approximate surface area is 120 Å². The third-order valence-corrected chi connectivity index (χ3v) is 7.51. The minimum absolute atomic E-state index is 0.840. The van der Waals surface area contributed by atoms with Crippen molar-refractivity contribution < 1.29 is 27.7 Å². The van der Waals surface area contributed by atoms with Gasteiger partial charge in [-0.3, -0.25) is 0 Å². The molecule has 0 spiro atoms. The van der Waals surface area contributed by atoms with Crippen LogP contribution in [0.25, 0.3) is 6.08 Å². The number of anilines is 1. The maximum absolute atomic E-state index is 5.43. The van der Waals surface area contributed by atoms with Gasteiger partial charge in [-0.2, -0.15) is 0 Å². The second-order valence-corrected chi connectivity index (χ2v) is 8.94. The summed E-state index contributed by atoms with van der Waals surface area (Å²) in [5.74, 6) is 0. The zero-order valence-corrected chi connectivity index (χ0v) is 13.5. The molecular formula is C14H23NO3Ti. The molecule has 1 aromatic rings. The third kappa shape index (κ3) is 4.75. The van der Waals surface area contributed by atoms with E-state index >= 15 is 0 Å². The van der Waals surface area contributed by atoms with E-state index in [0.29, 0.717) is 0 Å². The van der Waals surface area contributed by atoms with Crippen molar-refractivity contribution in [3.63, 3.8) is 0 Å². The molecule has 0 unspecified atom stereocenters. The van der Waals surface area contributed by atoms with Crippen molar-refractivity contribution in [2.45, 2.75) is 11.1 Å². The molecular weight excluding hydrogens is 278 g/mol. The van der Waals surface area contributed by atoms with Gasteiger partial charge in [0, 0.05) is 0 Å². The molecule has 1 N–H and O–H groups in total. The molecule has 0 aliphatic heterocycles. The zero-order chi connectivity index (χ0) is 14.1. The van der Waals surface area contributed by atoms with Crippen molar-refractivity contribution in [3.05, 3.63) is 36.4 Å². The van der Waals surface area contributed by atoms with Gasteiger partial charge in [-0.15, -0.1) is 0 Å². The standard InChI is InChI=1S/C11H14N.3CH3O.Ti/c1-3-9-12-11-8-6-5-7-10(11)4-2;3*1-2;/h4-8,12H,1-3,9H2;3*1H3;/q;3*-1;+3. The molecule has 106 valence electrons. The Morgan fingerprint density at radius 2 is 1.79 bits per heavy atom. The Balaban J connectivity index is 2.44. The van der Waals surface area contributed by atoms with E-state index in [1.807, 2.05) is 24.3 Å². The molecule has 1 aromatic carbocycles. The summed E-state index contributed by atoms with van der Waals surface area (Å²) >= 11 is -2.96. The molecule has 0 amide bonds. The minimum atomic E-state index is -2.96. The quantitative estimate of drug-likeness (QED) is 0.560. The SMILES string of the molecule is C=Cc1ccccc1NCC[CH2][Ti]([O]C)([O]C)[O]C. The Kier molecular flexibility index (Phi) is 7.35. The van der Waals surface area contributed by atoms with E-state index < -0.39 is 17.8 Å². The van der Waals surface area contributed by atoms with Crippen molar-refractivity contribution in [1.29, 1.82) is 0 Å². The fourth-order valence-corrected chi connectivity index (χ4v) is 4.61. The molecule has 0 heterocycles. The molecule has 5 heteroatoms. The summed E-state index contributed by atoms with van der Waals surface area (Å²) in [5, 5.41) is 3.40. The molecule has 1 rings (SSSR count). The predicted octanol–water partition coefficient (Wildman–Crippen LogP) is 3.39. The van der Waals surface area contributed by atoms with Crippen LogP contribution >= 0.6 is 0 Å². The van der Waals surface area contributed by atoms with Crippen LogP contribution in [0, 0.1) is 0 Å². The molecule has 0 aromatic heterocycles. The Morgan fingerprint density at radius 3 is 2.37 bits per heavy atom. The van der Waals surface area contributed by atoms with Gasteiger partial charge in [0.2, 0.25) is 0 Å². The van der Waals surface area contributed by atoms with Crippen LogP contribution in [0.3, 0.4) is 0 Å². The summed E-state index contributed by atoms with van der Waals surface area (Å²) in [6.07, 6.45) is 2.80. The van der Waals surface area contributed by atoms with Gasteiger partial charge < -0.3 is 0 Å². The van der Waals surface area contributed by atoms with Crippen molar-refractivity contribution in [3.8, 4) is 0 Å². The summed E-state index contributed by atoms with van der Waals surface area (Å²) in [7, 11) is 4.98. The molecule has 0 aliphatic carbocycles. The van der Waals surface area contributed by atoms with E-state index in [2.05, 4.69) is 18.0 Å². The average molecular weight is 301 g/mol. The molecule has 0 saturated carbocycles. The van der Waals surface area contributed by atoms with Gasteiger partial charge in [-0.25, -0.2) is 0 Å². The van der Waals surface area contributed by atoms with Crippen LogP contribution in [-0.2, 0) is 27.7 Å². The third-order valence-electron chi connectivity index (χ3n) is 3.09. The van der Waals surface area contributed by atoms with Gasteiger partial charge in [-0.1, -0.05) is 0 Å². The first kappa shape index (κ1) is 16.4. The monoisotopic (exact) mass is 301 g/mol. The van der Waals surface area contributed by atoms with Gasteiger partial charge in [0.05, 0.1) is 0 Å². The average Bonchev–Trinajstić information content (AvgIpc) is 2.48. The van der Waals surface area contributed by atoms with Crippen molar-refractivity contribution in [2.75, 3.05) is 33.2 Å². The van der Waals surface area contributed by atoms with E-state index in [1.165, 1.54) is 0 Å². The van der Waals surface area contributed by atoms with E-state index in [4.69, 9.17) is 9.96 Å². The van der Waals surface area contributed by atoms with Crippen LogP contribution in [0.4, 0.5) is 5.69 Å². The van der Waals surface area contributed by atoms with E-state index in [1.54, 1.807) is 21.3 Å². The Hall–Kier alpha value is -0.646. The zero-order valence-electron chi connectivity index (χ0n) is 11.9. The summed E-state index contributed by atoms with van der Waals surface area (Å²) in [6, 6.07) is 8.10. The van der Waals surface area contributed by atoms with Gasteiger partial charge in [0.15, 0.2) is 0 Å². The number of nitrogens with one attached hydrogen (secondary N) is 1. The molecule has 0 fully saturated rings. The topological polar surface area (TPSA) is 39.7 Å². The number of benzene rings is 1. The van der Waals surface area contributed by atoms with Crippen molar-refractivity contribution >= 4 is 11.8 Å². The van der Waals surface area contributed by atoms with Crippen molar-refractivity contribution in [1.82, 2.24) is 0 Å². The molecule has 0 bridgehead atoms. The van der Waals surface area contributed by atoms with Gasteiger partial charge in [0.1, 0.15) is 0 Å². The number of hydrogen-bond donors (Lipinski definition) is 1. The Bertz CT molecular complexity index is 386. The number of para-hydroxylation sites is 1. The van der Waals surface area contributed by atoms with Gasteiger partial charge in [0.25, 0.3) is 0 Å². The van der Waals surface area contributed by atoms with Crippen molar-refractivity contribution in [2.24, 2.45) is 0 Å². The van der Waals surface area contributed by atoms with Crippen LogP contribution in [0.2, 0.25) is 4.73 Å². The summed E-state index contributed by atoms with van der Waals surface area (Å²) in [6.45, 7) is 4.66. The molecule has 0 atom stereocenters. The number of hydrogen-bond acceptors (Lipinski definition) is 4. The van der Waals surface area contributed by atoms with Crippen LogP contribution in [0.15, 0.2) is 30.8 Å². The van der Waals surface area contributed by atoms with Crippen LogP contribution in [-0.4, -0.2) is 27.9 Å². The molecule has 0 radical (unpaired) electrons. The summed E-state index contributed by atoms with van der Waals surface area (Å²) in [5.41, 5.74) is 2.21. The second-order valence-electron chi connectivity index (χ2n) is 4.12. The van der Waals surface area contributed by atoms with Gasteiger partial charge >= 0.3 is 120 Å². The van der Waals surface area contributed by atoms with Gasteiger partial charge in [-0.05, 0) is 0 Å². The van der Waals surface area contributed by atoms with Crippen LogP contribution < -0.4 is 5.32 Å². The van der Waals surface area contributed by atoms with E-state index in [9.17, 15) is 0 Å². The fourth-order valence-electron chi connectivity index (χ4n) is 1.92. The summed E-state index contributed by atoms with van der Waals surface area (Å²) in [4.78, 5) is 0. The first-order valence-corrected chi connectivity index (χ1v) is 9.34. The molecule has 4 nitrogen and oxygen atoms in total. The van der Waals surface area contributed by atoms with E-state index in [0.717, 1.165) is 28.9 Å². The molecule has 19 heavy (non-hydrogen) atoms. The first-order valence-electron chi connectivity index (χ1n) is 6.32. The molecule has 0 aliphatic rings. The normalized spacial score (nSPS) is 11.3. The molecule has 0 saturated heterocycles. The summed E-state index contributed by atoms with van der Waals surface area (Å²) < 4.78 is 17.1. The first-order chi connectivity index (χ1) is 9.21. The fraction of sp³-hybridized carbons (Fsp3) is 0.429. The van der Waals surface area contributed by atoms with Crippen LogP contribution in [0.1, 0.15) is 12.0 Å². The predicted molar refractivity (Wildman–Crippen MR) is 75.5 cm³/mol. The maximum atomic E-state index is 5.43. The Morgan fingerprint density at radius 1 is 1.16 bits per heavy atom. The second kappa shape index (κ2) is 8.51. The number of rotatable bonds is 9. The van der Waals surface area contributed by atoms with Crippen LogP contribution in [0.5, 0.6) is 0 Å².